The van der Waals surface area contributed by atoms with E-state index in [1.807, 2.05) is 0 Å². The van der Waals surface area contributed by atoms with Crippen LogP contribution in [0.4, 0.5) is 4.39 Å². The zero-order valence-corrected chi connectivity index (χ0v) is 12.4. The smallest absolute Gasteiger partial charge is 0.240 e. The fraction of sp³-hybridized carbons (Fsp3) is 0.250. The van der Waals surface area contributed by atoms with Crippen LogP contribution in [0.1, 0.15) is 5.56 Å². The summed E-state index contributed by atoms with van der Waals surface area (Å²) >= 11 is 5.63. The summed E-state index contributed by atoms with van der Waals surface area (Å²) in [7, 11) is -3.88. The molecule has 9 heteroatoms. The highest BCUT2D eigenvalue weighted by Gasteiger charge is 2.18. The summed E-state index contributed by atoms with van der Waals surface area (Å²) in [5.41, 5.74) is 0.0200. The molecule has 0 spiro atoms. The second kappa shape index (κ2) is 6.52. The predicted octanol–water partition coefficient (Wildman–Crippen LogP) is 1.15. The molecule has 2 N–H and O–H groups in total. The Kier molecular flexibility index (Phi) is 4.94. The lowest BCUT2D eigenvalue weighted by molar-refractivity contribution is 0.281. The first-order chi connectivity index (χ1) is 9.94. The third kappa shape index (κ3) is 3.79. The zero-order chi connectivity index (χ0) is 15.5. The highest BCUT2D eigenvalue weighted by Crippen LogP contribution is 2.24. The van der Waals surface area contributed by atoms with Gasteiger partial charge in [0, 0.05) is 31.0 Å². The van der Waals surface area contributed by atoms with Gasteiger partial charge in [0.1, 0.15) is 5.82 Å². The van der Waals surface area contributed by atoms with E-state index in [0.717, 1.165) is 12.1 Å². The van der Waals surface area contributed by atoms with Crippen LogP contribution < -0.4 is 4.72 Å². The average Bonchev–Trinajstić information content (AvgIpc) is 2.94. The van der Waals surface area contributed by atoms with Gasteiger partial charge in [-0.15, -0.1) is 0 Å². The van der Waals surface area contributed by atoms with Crippen LogP contribution in [-0.2, 0) is 23.2 Å². The molecule has 0 saturated carbocycles. The number of rotatable bonds is 6. The van der Waals surface area contributed by atoms with Crippen LogP contribution in [0.5, 0.6) is 0 Å². The van der Waals surface area contributed by atoms with Crippen molar-refractivity contribution in [2.75, 3.05) is 6.54 Å². The molecule has 6 nitrogen and oxygen atoms in total. The number of hydrogen-bond donors (Lipinski definition) is 2. The topological polar surface area (TPSA) is 84.2 Å². The maximum absolute atomic E-state index is 13.6. The van der Waals surface area contributed by atoms with Crippen LogP contribution in [0.3, 0.4) is 0 Å². The highest BCUT2D eigenvalue weighted by atomic mass is 35.5. The summed E-state index contributed by atoms with van der Waals surface area (Å²) in [5.74, 6) is -0.891. The first-order valence-corrected chi connectivity index (χ1v) is 7.84. The summed E-state index contributed by atoms with van der Waals surface area (Å²) in [6, 6.07) is 1.96. The number of imidazole rings is 1. The van der Waals surface area contributed by atoms with Crippen LogP contribution in [0, 0.1) is 5.82 Å². The molecule has 0 atom stereocenters. The summed E-state index contributed by atoms with van der Waals surface area (Å²) in [6.07, 6.45) is 4.83. The Balaban J connectivity index is 2.13. The van der Waals surface area contributed by atoms with Gasteiger partial charge in [0.25, 0.3) is 0 Å². The van der Waals surface area contributed by atoms with Crippen molar-refractivity contribution in [3.63, 3.8) is 0 Å². The van der Waals surface area contributed by atoms with Crippen LogP contribution in [-0.4, -0.2) is 29.6 Å². The van der Waals surface area contributed by atoms with E-state index in [1.165, 1.54) is 0 Å². The second-order valence-corrected chi connectivity index (χ2v) is 6.38. The lowest BCUT2D eigenvalue weighted by Gasteiger charge is -2.10. The molecule has 114 valence electrons. The molecule has 0 aliphatic heterocycles. The third-order valence-electron chi connectivity index (χ3n) is 2.78. The number of sulfonamides is 1. The first kappa shape index (κ1) is 15.9. The predicted molar refractivity (Wildman–Crippen MR) is 74.7 cm³/mol. The van der Waals surface area contributed by atoms with E-state index in [1.54, 1.807) is 23.3 Å². The molecule has 0 aliphatic carbocycles. The normalized spacial score (nSPS) is 11.8. The quantitative estimate of drug-likeness (QED) is 0.830. The maximum atomic E-state index is 13.6. The van der Waals surface area contributed by atoms with Gasteiger partial charge < -0.3 is 9.67 Å². The van der Waals surface area contributed by atoms with Crippen LogP contribution in [0.25, 0.3) is 0 Å². The van der Waals surface area contributed by atoms with Gasteiger partial charge in [-0.3, -0.25) is 0 Å². The fourth-order valence-corrected chi connectivity index (χ4v) is 2.95. The number of halogens is 2. The Morgan fingerprint density at radius 3 is 2.81 bits per heavy atom. The number of aliphatic hydroxyl groups is 1. The Bertz CT molecular complexity index is 720. The summed E-state index contributed by atoms with van der Waals surface area (Å²) in [5, 5.41) is 8.77. The SMILES string of the molecule is O=S(=O)(NCCn1ccnc1)c1cc(F)c(Cl)c(CO)c1. The second-order valence-electron chi connectivity index (χ2n) is 4.23. The van der Waals surface area contributed by atoms with E-state index in [0.29, 0.717) is 6.54 Å². The molecule has 0 unspecified atom stereocenters. The Morgan fingerprint density at radius 1 is 1.43 bits per heavy atom. The molecule has 1 aromatic carbocycles. The number of nitrogens with one attached hydrogen (secondary N) is 1. The lowest BCUT2D eigenvalue weighted by Crippen LogP contribution is -2.27. The van der Waals surface area contributed by atoms with Gasteiger partial charge in [-0.25, -0.2) is 22.5 Å². The molecule has 0 fully saturated rings. The standard InChI is InChI=1S/C12H13ClFN3O3S/c13-12-9(7-18)5-10(6-11(12)14)21(19,20)16-2-4-17-3-1-15-8-17/h1,3,5-6,8,16,18H,2,4,7H2. The molecule has 2 rings (SSSR count). The van der Waals surface area contributed by atoms with Crippen molar-refractivity contribution in [2.45, 2.75) is 18.0 Å². The minimum atomic E-state index is -3.88. The van der Waals surface area contributed by atoms with Crippen molar-refractivity contribution in [1.29, 1.82) is 0 Å². The van der Waals surface area contributed by atoms with Crippen molar-refractivity contribution in [2.24, 2.45) is 0 Å². The van der Waals surface area contributed by atoms with Crippen molar-refractivity contribution in [3.8, 4) is 0 Å². The van der Waals surface area contributed by atoms with Gasteiger partial charge in [-0.05, 0) is 12.1 Å². The molecule has 0 radical (unpaired) electrons. The van der Waals surface area contributed by atoms with Gasteiger partial charge in [0.2, 0.25) is 10.0 Å². The van der Waals surface area contributed by atoms with Crippen molar-refractivity contribution < 1.29 is 17.9 Å². The molecule has 2 aromatic rings. The van der Waals surface area contributed by atoms with Gasteiger partial charge in [-0.1, -0.05) is 11.6 Å². The van der Waals surface area contributed by atoms with Crippen LogP contribution in [0.15, 0.2) is 35.7 Å². The summed E-state index contributed by atoms with van der Waals surface area (Å²) < 4.78 is 41.7. The molecule has 0 bridgehead atoms. The molecule has 1 heterocycles. The van der Waals surface area contributed by atoms with E-state index in [-0.39, 0.29) is 22.0 Å². The fourth-order valence-electron chi connectivity index (χ4n) is 1.70. The molecule has 21 heavy (non-hydrogen) atoms. The molecular weight excluding hydrogens is 321 g/mol. The Labute approximate surface area is 126 Å². The minimum Gasteiger partial charge on any atom is -0.392 e. The Hall–Kier alpha value is -1.48. The molecule has 0 aliphatic rings. The number of hydrogen-bond acceptors (Lipinski definition) is 4. The van der Waals surface area contributed by atoms with E-state index in [4.69, 9.17) is 16.7 Å². The first-order valence-electron chi connectivity index (χ1n) is 5.98. The van der Waals surface area contributed by atoms with E-state index < -0.39 is 22.4 Å². The Morgan fingerprint density at radius 2 is 2.19 bits per heavy atom. The number of aliphatic hydroxyl groups excluding tert-OH is 1. The third-order valence-corrected chi connectivity index (χ3v) is 4.64. The lowest BCUT2D eigenvalue weighted by atomic mass is 10.2. The van der Waals surface area contributed by atoms with Crippen molar-refractivity contribution in [1.82, 2.24) is 14.3 Å². The molecule has 0 saturated heterocycles. The average molecular weight is 334 g/mol. The van der Waals surface area contributed by atoms with E-state index in [2.05, 4.69) is 9.71 Å². The largest absolute Gasteiger partial charge is 0.392 e. The molecule has 0 amide bonds. The maximum Gasteiger partial charge on any atom is 0.240 e. The molecular formula is C12H13ClFN3O3S. The number of aromatic nitrogens is 2. The van der Waals surface area contributed by atoms with Gasteiger partial charge in [0.05, 0.1) is 22.9 Å². The monoisotopic (exact) mass is 333 g/mol. The van der Waals surface area contributed by atoms with Gasteiger partial charge in [-0.2, -0.15) is 0 Å². The zero-order valence-electron chi connectivity index (χ0n) is 10.8. The number of benzene rings is 1. The van der Waals surface area contributed by atoms with E-state index >= 15 is 0 Å². The van der Waals surface area contributed by atoms with Crippen molar-refractivity contribution in [3.05, 3.63) is 47.3 Å². The van der Waals surface area contributed by atoms with Gasteiger partial charge >= 0.3 is 0 Å². The highest BCUT2D eigenvalue weighted by molar-refractivity contribution is 7.89. The van der Waals surface area contributed by atoms with Gasteiger partial charge in [0.15, 0.2) is 0 Å². The van der Waals surface area contributed by atoms with E-state index in [9.17, 15) is 12.8 Å². The van der Waals surface area contributed by atoms with Crippen LogP contribution >= 0.6 is 11.6 Å². The summed E-state index contributed by atoms with van der Waals surface area (Å²) in [4.78, 5) is 3.55. The minimum absolute atomic E-state index is 0.0200. The van der Waals surface area contributed by atoms with Crippen molar-refractivity contribution >= 4 is 21.6 Å². The summed E-state index contributed by atoms with van der Waals surface area (Å²) in [6.45, 7) is -0.0340. The molecule has 1 aromatic heterocycles. The number of nitrogens with zero attached hydrogens (tertiary/aromatic N) is 2. The van der Waals surface area contributed by atoms with Crippen LogP contribution in [0.2, 0.25) is 5.02 Å².